The Kier molecular flexibility index (Phi) is 3.01. The van der Waals surface area contributed by atoms with Gasteiger partial charge >= 0.3 is 0 Å². The molecule has 0 aliphatic rings. The van der Waals surface area contributed by atoms with E-state index in [1.807, 2.05) is 0 Å². The first kappa shape index (κ1) is 8.66. The van der Waals surface area contributed by atoms with Crippen molar-refractivity contribution in [3.05, 3.63) is 29.3 Å². The van der Waals surface area contributed by atoms with Crippen LogP contribution < -0.4 is 0 Å². The molecular formula is C10H14S. The fraction of sp³-hybridized carbons (Fsp3) is 0.400. The van der Waals surface area contributed by atoms with E-state index >= 15 is 0 Å². The molecule has 60 valence electrons. The third kappa shape index (κ3) is 1.78. The minimum Gasteiger partial charge on any atom is -0.143 e. The van der Waals surface area contributed by atoms with Crippen LogP contribution in [0.3, 0.4) is 0 Å². The van der Waals surface area contributed by atoms with Crippen LogP contribution in [0.25, 0.3) is 0 Å². The molecule has 0 bridgehead atoms. The van der Waals surface area contributed by atoms with Gasteiger partial charge in [0, 0.05) is 4.90 Å². The first-order valence-corrected chi connectivity index (χ1v) is 4.54. The Morgan fingerprint density at radius 3 is 2.36 bits per heavy atom. The summed E-state index contributed by atoms with van der Waals surface area (Å²) in [7, 11) is 0. The molecule has 1 aromatic carbocycles. The summed E-state index contributed by atoms with van der Waals surface area (Å²) in [5.74, 6) is 0. The first-order valence-electron chi connectivity index (χ1n) is 4.09. The molecule has 0 radical (unpaired) electrons. The molecule has 0 spiro atoms. The summed E-state index contributed by atoms with van der Waals surface area (Å²) in [6, 6.07) is 6.31. The lowest BCUT2D eigenvalue weighted by Crippen LogP contribution is -1.91. The third-order valence-corrected chi connectivity index (χ3v) is 2.40. The van der Waals surface area contributed by atoms with Gasteiger partial charge in [-0.2, -0.15) is 0 Å². The van der Waals surface area contributed by atoms with Crippen molar-refractivity contribution in [2.45, 2.75) is 31.6 Å². The average molecular weight is 166 g/mol. The van der Waals surface area contributed by atoms with Crippen molar-refractivity contribution in [3.63, 3.8) is 0 Å². The van der Waals surface area contributed by atoms with Crippen LogP contribution in [0.4, 0.5) is 0 Å². The standard InChI is InChI=1S/C10H14S/c1-3-8-6-5-7-10(11)9(8)4-2/h5-7,11H,3-4H2,1-2H3. The van der Waals surface area contributed by atoms with Crippen molar-refractivity contribution in [3.8, 4) is 0 Å². The molecule has 0 unspecified atom stereocenters. The second kappa shape index (κ2) is 3.82. The van der Waals surface area contributed by atoms with Gasteiger partial charge < -0.3 is 0 Å². The summed E-state index contributed by atoms with van der Waals surface area (Å²) in [6.07, 6.45) is 2.19. The predicted octanol–water partition coefficient (Wildman–Crippen LogP) is 3.10. The zero-order chi connectivity index (χ0) is 8.27. The molecule has 1 rings (SSSR count). The number of benzene rings is 1. The van der Waals surface area contributed by atoms with E-state index in [1.54, 1.807) is 0 Å². The Balaban J connectivity index is 3.13. The lowest BCUT2D eigenvalue weighted by atomic mass is 10.0. The van der Waals surface area contributed by atoms with Gasteiger partial charge in [-0.3, -0.25) is 0 Å². The van der Waals surface area contributed by atoms with E-state index in [1.165, 1.54) is 11.1 Å². The van der Waals surface area contributed by atoms with Crippen molar-refractivity contribution in [2.24, 2.45) is 0 Å². The van der Waals surface area contributed by atoms with Crippen molar-refractivity contribution in [1.82, 2.24) is 0 Å². The molecular weight excluding hydrogens is 152 g/mol. The van der Waals surface area contributed by atoms with Gasteiger partial charge in [-0.25, -0.2) is 0 Å². The quantitative estimate of drug-likeness (QED) is 0.641. The van der Waals surface area contributed by atoms with Crippen LogP contribution >= 0.6 is 12.6 Å². The van der Waals surface area contributed by atoms with Crippen molar-refractivity contribution >= 4 is 12.6 Å². The Labute approximate surface area is 74.0 Å². The smallest absolute Gasteiger partial charge is 0.00746 e. The zero-order valence-corrected chi connectivity index (χ0v) is 7.99. The number of thiol groups is 1. The van der Waals surface area contributed by atoms with E-state index in [4.69, 9.17) is 0 Å². The Bertz CT molecular complexity index is 241. The minimum atomic E-state index is 1.09. The van der Waals surface area contributed by atoms with Gasteiger partial charge in [-0.1, -0.05) is 26.0 Å². The molecule has 0 atom stereocenters. The van der Waals surface area contributed by atoms with E-state index in [-0.39, 0.29) is 0 Å². The molecule has 1 aromatic rings. The molecule has 0 nitrogen and oxygen atoms in total. The van der Waals surface area contributed by atoms with Crippen molar-refractivity contribution in [2.75, 3.05) is 0 Å². The fourth-order valence-electron chi connectivity index (χ4n) is 1.36. The number of hydrogen-bond donors (Lipinski definition) is 1. The summed E-state index contributed by atoms with van der Waals surface area (Å²) in [5, 5.41) is 0. The monoisotopic (exact) mass is 166 g/mol. The highest BCUT2D eigenvalue weighted by atomic mass is 32.1. The van der Waals surface area contributed by atoms with Crippen LogP contribution in [0, 0.1) is 0 Å². The fourth-order valence-corrected chi connectivity index (χ4v) is 1.75. The van der Waals surface area contributed by atoms with Crippen LogP contribution in [-0.4, -0.2) is 0 Å². The summed E-state index contributed by atoms with van der Waals surface area (Å²) in [4.78, 5) is 1.13. The topological polar surface area (TPSA) is 0 Å². The van der Waals surface area contributed by atoms with E-state index in [0.717, 1.165) is 17.7 Å². The summed E-state index contributed by atoms with van der Waals surface area (Å²) in [6.45, 7) is 4.36. The first-order chi connectivity index (χ1) is 5.29. The van der Waals surface area contributed by atoms with Crippen molar-refractivity contribution < 1.29 is 0 Å². The Hall–Kier alpha value is -0.430. The Morgan fingerprint density at radius 1 is 1.18 bits per heavy atom. The second-order valence-electron chi connectivity index (χ2n) is 2.62. The number of aryl methyl sites for hydroxylation is 1. The molecule has 0 aromatic heterocycles. The molecule has 0 saturated carbocycles. The van der Waals surface area contributed by atoms with E-state index < -0.39 is 0 Å². The highest BCUT2D eigenvalue weighted by Crippen LogP contribution is 2.19. The van der Waals surface area contributed by atoms with Crippen LogP contribution in [0.5, 0.6) is 0 Å². The van der Waals surface area contributed by atoms with Gasteiger partial charge in [0.2, 0.25) is 0 Å². The highest BCUT2D eigenvalue weighted by Gasteiger charge is 2.00. The summed E-state index contributed by atoms with van der Waals surface area (Å²) in [5.41, 5.74) is 2.83. The predicted molar refractivity (Wildman–Crippen MR) is 52.5 cm³/mol. The van der Waals surface area contributed by atoms with Crippen molar-refractivity contribution in [1.29, 1.82) is 0 Å². The maximum atomic E-state index is 4.40. The molecule has 11 heavy (non-hydrogen) atoms. The average Bonchev–Trinajstić information content (AvgIpc) is 2.04. The van der Waals surface area contributed by atoms with Gasteiger partial charge in [0.1, 0.15) is 0 Å². The molecule has 0 saturated heterocycles. The van der Waals surface area contributed by atoms with E-state index in [2.05, 4.69) is 44.7 Å². The highest BCUT2D eigenvalue weighted by molar-refractivity contribution is 7.80. The Morgan fingerprint density at radius 2 is 1.91 bits per heavy atom. The van der Waals surface area contributed by atoms with Gasteiger partial charge in [-0.15, -0.1) is 12.6 Å². The lowest BCUT2D eigenvalue weighted by Gasteiger charge is -2.07. The third-order valence-electron chi connectivity index (χ3n) is 1.98. The van der Waals surface area contributed by atoms with Crippen LogP contribution in [0.2, 0.25) is 0 Å². The van der Waals surface area contributed by atoms with Gasteiger partial charge in [-0.05, 0) is 30.0 Å². The molecule has 0 heterocycles. The summed E-state index contributed by atoms with van der Waals surface area (Å²) < 4.78 is 0. The number of rotatable bonds is 2. The minimum absolute atomic E-state index is 1.09. The van der Waals surface area contributed by atoms with Crippen LogP contribution in [0.1, 0.15) is 25.0 Å². The molecule has 1 heteroatoms. The van der Waals surface area contributed by atoms with Crippen LogP contribution in [-0.2, 0) is 12.8 Å². The largest absolute Gasteiger partial charge is 0.143 e. The normalized spacial score (nSPS) is 10.1. The zero-order valence-electron chi connectivity index (χ0n) is 7.09. The maximum Gasteiger partial charge on any atom is 0.00746 e. The summed E-state index contributed by atoms with van der Waals surface area (Å²) >= 11 is 4.40. The van der Waals surface area contributed by atoms with Gasteiger partial charge in [0.15, 0.2) is 0 Å². The van der Waals surface area contributed by atoms with Gasteiger partial charge in [0.05, 0.1) is 0 Å². The van der Waals surface area contributed by atoms with Crippen LogP contribution in [0.15, 0.2) is 23.1 Å². The van der Waals surface area contributed by atoms with E-state index in [9.17, 15) is 0 Å². The molecule has 0 aliphatic heterocycles. The molecule has 0 fully saturated rings. The van der Waals surface area contributed by atoms with E-state index in [0.29, 0.717) is 0 Å². The van der Waals surface area contributed by atoms with Gasteiger partial charge in [0.25, 0.3) is 0 Å². The lowest BCUT2D eigenvalue weighted by molar-refractivity contribution is 0.999. The molecule has 0 N–H and O–H groups in total. The number of hydrogen-bond acceptors (Lipinski definition) is 1. The SMILES string of the molecule is CCc1cccc(S)c1CC. The molecule has 0 amide bonds. The second-order valence-corrected chi connectivity index (χ2v) is 3.10. The molecule has 0 aliphatic carbocycles. The maximum absolute atomic E-state index is 4.40.